The highest BCUT2D eigenvalue weighted by Gasteiger charge is 2.37. The van der Waals surface area contributed by atoms with E-state index in [0.717, 1.165) is 5.39 Å². The number of halogens is 2. The van der Waals surface area contributed by atoms with Crippen molar-refractivity contribution in [3.8, 4) is 11.8 Å². The van der Waals surface area contributed by atoms with Gasteiger partial charge in [0, 0.05) is 37.6 Å². The fraction of sp³-hybridized carbons (Fsp3) is 0.474. The number of nitrogens with zero attached hydrogens (tertiary/aromatic N) is 4. The van der Waals surface area contributed by atoms with Gasteiger partial charge in [-0.15, -0.1) is 0 Å². The smallest absolute Gasteiger partial charge is 0.277 e. The topological polar surface area (TPSA) is 113 Å². The molecule has 1 saturated heterocycles. The number of aromatic nitrogens is 1. The van der Waals surface area contributed by atoms with Crippen molar-refractivity contribution in [3.05, 3.63) is 30.0 Å². The summed E-state index contributed by atoms with van der Waals surface area (Å²) in [5, 5.41) is 15.5. The number of ether oxygens (including phenoxy) is 1. The SMILES string of the molecule is COc1cccc2c(N3CCC(N(CC(C)(F)F)S(N)(=O)=O)CC3)c(C#N)cnc12. The molecule has 1 aromatic carbocycles. The van der Waals surface area contributed by atoms with Gasteiger partial charge >= 0.3 is 0 Å². The van der Waals surface area contributed by atoms with Gasteiger partial charge in [0.25, 0.3) is 16.1 Å². The molecule has 0 aliphatic carbocycles. The lowest BCUT2D eigenvalue weighted by molar-refractivity contribution is -0.00442. The zero-order valence-electron chi connectivity index (χ0n) is 16.7. The summed E-state index contributed by atoms with van der Waals surface area (Å²) in [6.07, 6.45) is 2.07. The molecule has 3 rings (SSSR count). The second-order valence-electron chi connectivity index (χ2n) is 7.37. The lowest BCUT2D eigenvalue weighted by Gasteiger charge is -2.39. The van der Waals surface area contributed by atoms with Gasteiger partial charge in [0.2, 0.25) is 0 Å². The number of anilines is 1. The van der Waals surface area contributed by atoms with Crippen molar-refractivity contribution in [1.82, 2.24) is 9.29 Å². The largest absolute Gasteiger partial charge is 0.494 e. The minimum atomic E-state index is -4.28. The molecule has 1 aromatic heterocycles. The number of hydrogen-bond acceptors (Lipinski definition) is 6. The van der Waals surface area contributed by atoms with Gasteiger partial charge in [-0.3, -0.25) is 4.98 Å². The highest BCUT2D eigenvalue weighted by atomic mass is 32.2. The first kappa shape index (κ1) is 22.1. The first-order valence-corrected chi connectivity index (χ1v) is 10.8. The van der Waals surface area contributed by atoms with Crippen LogP contribution in [0.25, 0.3) is 10.9 Å². The summed E-state index contributed by atoms with van der Waals surface area (Å²) in [5.41, 5.74) is 1.65. The van der Waals surface area contributed by atoms with Crippen molar-refractivity contribution in [1.29, 1.82) is 5.26 Å². The third-order valence-corrected chi connectivity index (χ3v) is 6.20. The summed E-state index contributed by atoms with van der Waals surface area (Å²) in [6, 6.07) is 6.90. The molecule has 11 heteroatoms. The highest BCUT2D eigenvalue weighted by molar-refractivity contribution is 7.86. The van der Waals surface area contributed by atoms with E-state index in [1.54, 1.807) is 12.1 Å². The normalized spacial score (nSPS) is 16.1. The van der Waals surface area contributed by atoms with E-state index in [1.807, 2.05) is 11.0 Å². The van der Waals surface area contributed by atoms with Gasteiger partial charge in [0.1, 0.15) is 17.3 Å². The van der Waals surface area contributed by atoms with Gasteiger partial charge < -0.3 is 9.64 Å². The standard InChI is InChI=1S/C19H23F2N5O3S/c1-19(20,21)12-26(30(23,27)28)14-6-8-25(9-7-14)18-13(10-22)11-24-17-15(18)4-3-5-16(17)29-2/h3-5,11,14H,6-9,12H2,1-2H3,(H2,23,27,28). The average Bonchev–Trinajstić information content (AvgIpc) is 2.69. The van der Waals surface area contributed by atoms with E-state index < -0.39 is 28.7 Å². The summed E-state index contributed by atoms with van der Waals surface area (Å²) < 4.78 is 56.9. The van der Waals surface area contributed by atoms with E-state index >= 15 is 0 Å². The zero-order valence-corrected chi connectivity index (χ0v) is 17.5. The summed E-state index contributed by atoms with van der Waals surface area (Å²) >= 11 is 0. The van der Waals surface area contributed by atoms with Crippen LogP contribution in [0.1, 0.15) is 25.3 Å². The van der Waals surface area contributed by atoms with Crippen molar-refractivity contribution in [2.75, 3.05) is 31.6 Å². The Kier molecular flexibility index (Phi) is 6.12. The number of alkyl halides is 2. The number of piperidine rings is 1. The zero-order chi connectivity index (χ0) is 22.1. The van der Waals surface area contributed by atoms with Crippen LogP contribution < -0.4 is 14.8 Å². The Balaban J connectivity index is 1.91. The predicted octanol–water partition coefficient (Wildman–Crippen LogP) is 2.24. The van der Waals surface area contributed by atoms with Crippen LogP contribution in [0, 0.1) is 11.3 Å². The minimum Gasteiger partial charge on any atom is -0.494 e. The average molecular weight is 439 g/mol. The molecule has 2 N–H and O–H groups in total. The van der Waals surface area contributed by atoms with Crippen LogP contribution in [0.5, 0.6) is 5.75 Å². The number of nitriles is 1. The van der Waals surface area contributed by atoms with E-state index in [1.165, 1.54) is 13.3 Å². The quantitative estimate of drug-likeness (QED) is 0.739. The molecule has 0 radical (unpaired) electrons. The Morgan fingerprint density at radius 1 is 1.40 bits per heavy atom. The van der Waals surface area contributed by atoms with Gasteiger partial charge in [-0.05, 0) is 18.9 Å². The van der Waals surface area contributed by atoms with E-state index in [4.69, 9.17) is 9.88 Å². The number of hydrogen-bond donors (Lipinski definition) is 1. The second kappa shape index (κ2) is 8.29. The maximum atomic E-state index is 13.5. The molecular formula is C19H23F2N5O3S. The van der Waals surface area contributed by atoms with Crippen LogP contribution in [-0.4, -0.2) is 56.4 Å². The molecular weight excluding hydrogens is 416 g/mol. The van der Waals surface area contributed by atoms with Gasteiger partial charge in [0.05, 0.1) is 24.9 Å². The molecule has 0 saturated carbocycles. The van der Waals surface area contributed by atoms with Crippen LogP contribution >= 0.6 is 0 Å². The van der Waals surface area contributed by atoms with Crippen LogP contribution in [0.4, 0.5) is 14.5 Å². The van der Waals surface area contributed by atoms with Crippen molar-refractivity contribution in [2.45, 2.75) is 31.7 Å². The monoisotopic (exact) mass is 439 g/mol. The maximum Gasteiger partial charge on any atom is 0.277 e. The first-order valence-electron chi connectivity index (χ1n) is 9.33. The number of rotatable bonds is 6. The van der Waals surface area contributed by atoms with Crippen LogP contribution in [-0.2, 0) is 10.2 Å². The molecule has 162 valence electrons. The Bertz CT molecular complexity index is 1070. The van der Waals surface area contributed by atoms with Gasteiger partial charge in [-0.2, -0.15) is 18.0 Å². The number of pyridine rings is 1. The third kappa shape index (κ3) is 4.61. The predicted molar refractivity (Wildman–Crippen MR) is 109 cm³/mol. The van der Waals surface area contributed by atoms with E-state index in [0.29, 0.717) is 59.7 Å². The van der Waals surface area contributed by atoms with Crippen molar-refractivity contribution < 1.29 is 21.9 Å². The molecule has 0 atom stereocenters. The van der Waals surface area contributed by atoms with E-state index in [-0.39, 0.29) is 0 Å². The van der Waals surface area contributed by atoms with Gasteiger partial charge in [0.15, 0.2) is 0 Å². The molecule has 0 spiro atoms. The van der Waals surface area contributed by atoms with Crippen molar-refractivity contribution in [3.63, 3.8) is 0 Å². The van der Waals surface area contributed by atoms with Crippen molar-refractivity contribution >= 4 is 26.8 Å². The number of benzene rings is 1. The molecule has 2 heterocycles. The molecule has 1 fully saturated rings. The Hall–Kier alpha value is -2.55. The minimum absolute atomic E-state index is 0.297. The van der Waals surface area contributed by atoms with Crippen LogP contribution in [0.2, 0.25) is 0 Å². The summed E-state index contributed by atoms with van der Waals surface area (Å²) in [6.45, 7) is 0.444. The maximum absolute atomic E-state index is 13.5. The summed E-state index contributed by atoms with van der Waals surface area (Å²) in [4.78, 5) is 6.28. The lowest BCUT2D eigenvalue weighted by Crippen LogP contribution is -2.52. The first-order chi connectivity index (χ1) is 14.0. The molecule has 0 bridgehead atoms. The van der Waals surface area contributed by atoms with Crippen molar-refractivity contribution in [2.24, 2.45) is 5.14 Å². The van der Waals surface area contributed by atoms with E-state index in [2.05, 4.69) is 11.1 Å². The third-order valence-electron chi connectivity index (χ3n) is 5.12. The molecule has 2 aromatic rings. The summed E-state index contributed by atoms with van der Waals surface area (Å²) in [7, 11) is -2.75. The number of para-hydroxylation sites is 1. The lowest BCUT2D eigenvalue weighted by atomic mass is 10.0. The molecule has 1 aliphatic rings. The summed E-state index contributed by atoms with van der Waals surface area (Å²) in [5.74, 6) is -2.63. The van der Waals surface area contributed by atoms with Crippen LogP contribution in [0.15, 0.2) is 24.4 Å². The molecule has 30 heavy (non-hydrogen) atoms. The van der Waals surface area contributed by atoms with Gasteiger partial charge in [-0.25, -0.2) is 13.9 Å². The molecule has 1 aliphatic heterocycles. The van der Waals surface area contributed by atoms with Gasteiger partial charge in [-0.1, -0.05) is 12.1 Å². The Morgan fingerprint density at radius 3 is 2.60 bits per heavy atom. The van der Waals surface area contributed by atoms with Crippen LogP contribution in [0.3, 0.4) is 0 Å². The Morgan fingerprint density at radius 2 is 2.07 bits per heavy atom. The fourth-order valence-electron chi connectivity index (χ4n) is 3.85. The Labute approximate surface area is 174 Å². The van der Waals surface area contributed by atoms with E-state index in [9.17, 15) is 22.5 Å². The number of fused-ring (bicyclic) bond motifs is 1. The number of nitrogens with two attached hydrogens (primary N) is 1. The highest BCUT2D eigenvalue weighted by Crippen LogP contribution is 2.35. The number of methoxy groups -OCH3 is 1. The molecule has 0 amide bonds. The second-order valence-corrected chi connectivity index (χ2v) is 8.87. The molecule has 0 unspecified atom stereocenters. The fourth-order valence-corrected chi connectivity index (χ4v) is 4.88. The molecule has 8 nitrogen and oxygen atoms in total.